The van der Waals surface area contributed by atoms with Crippen LogP contribution in [0.5, 0.6) is 0 Å². The maximum absolute atomic E-state index is 12.8. The van der Waals surface area contributed by atoms with E-state index in [0.29, 0.717) is 26.1 Å². The van der Waals surface area contributed by atoms with Gasteiger partial charge in [-0.15, -0.1) is 0 Å². The molecule has 148 valence electrons. The van der Waals surface area contributed by atoms with Crippen molar-refractivity contribution in [2.75, 3.05) is 6.54 Å². The minimum absolute atomic E-state index is 0.0901. The molecule has 4 rings (SSSR count). The summed E-state index contributed by atoms with van der Waals surface area (Å²) in [5.41, 5.74) is 2.92. The van der Waals surface area contributed by atoms with Gasteiger partial charge in [0.25, 0.3) is 5.91 Å². The van der Waals surface area contributed by atoms with E-state index in [0.717, 1.165) is 42.5 Å². The predicted octanol–water partition coefficient (Wildman–Crippen LogP) is 3.64. The standard InChI is InChI=1S/C23H29N3O2/c1-25-13-7-9-19(25)15-24-21(27)14-23(11-5-2-6-12-23)17-26-16-18-8-3-4-10-20(18)22(26)28/h3-4,7-10,13H,2,5-6,11-12,14-17H2,1H3,(H,24,27). The van der Waals surface area contributed by atoms with Crippen LogP contribution in [0.2, 0.25) is 0 Å². The van der Waals surface area contributed by atoms with E-state index in [1.54, 1.807) is 0 Å². The normalized spacial score (nSPS) is 18.2. The molecule has 2 heterocycles. The number of carbonyl (C=O) groups excluding carboxylic acids is 2. The fraction of sp³-hybridized carbons (Fsp3) is 0.478. The summed E-state index contributed by atoms with van der Waals surface area (Å²) in [7, 11) is 1.99. The van der Waals surface area contributed by atoms with Crippen molar-refractivity contribution in [1.82, 2.24) is 14.8 Å². The molecule has 5 nitrogen and oxygen atoms in total. The van der Waals surface area contributed by atoms with Crippen molar-refractivity contribution >= 4 is 11.8 Å². The van der Waals surface area contributed by atoms with Crippen molar-refractivity contribution in [2.45, 2.75) is 51.6 Å². The first kappa shape index (κ1) is 18.8. The monoisotopic (exact) mass is 379 g/mol. The molecule has 1 aliphatic heterocycles. The third kappa shape index (κ3) is 3.84. The topological polar surface area (TPSA) is 54.3 Å². The number of amides is 2. The molecule has 1 aromatic heterocycles. The zero-order valence-corrected chi connectivity index (χ0v) is 16.6. The van der Waals surface area contributed by atoms with Gasteiger partial charge in [-0.3, -0.25) is 9.59 Å². The van der Waals surface area contributed by atoms with Gasteiger partial charge in [0.15, 0.2) is 0 Å². The zero-order chi connectivity index (χ0) is 19.6. The lowest BCUT2D eigenvalue weighted by Gasteiger charge is -2.39. The second-order valence-electron chi connectivity index (χ2n) is 8.44. The van der Waals surface area contributed by atoms with E-state index < -0.39 is 0 Å². The Balaban J connectivity index is 1.43. The van der Waals surface area contributed by atoms with Gasteiger partial charge in [-0.25, -0.2) is 0 Å². The van der Waals surface area contributed by atoms with Crippen molar-refractivity contribution in [2.24, 2.45) is 12.5 Å². The fourth-order valence-corrected chi connectivity index (χ4v) is 4.81. The van der Waals surface area contributed by atoms with Gasteiger partial charge in [-0.05, 0) is 42.0 Å². The lowest BCUT2D eigenvalue weighted by molar-refractivity contribution is -0.124. The average molecular weight is 380 g/mol. The van der Waals surface area contributed by atoms with Crippen LogP contribution < -0.4 is 5.32 Å². The molecular formula is C23H29N3O2. The Hall–Kier alpha value is -2.56. The highest BCUT2D eigenvalue weighted by Crippen LogP contribution is 2.41. The van der Waals surface area contributed by atoms with Crippen LogP contribution in [0.1, 0.15) is 60.1 Å². The number of aromatic nitrogens is 1. The second-order valence-corrected chi connectivity index (χ2v) is 8.44. The van der Waals surface area contributed by atoms with Crippen LogP contribution in [0.3, 0.4) is 0 Å². The molecule has 0 atom stereocenters. The van der Waals surface area contributed by atoms with Crippen LogP contribution in [-0.4, -0.2) is 27.8 Å². The third-order valence-electron chi connectivity index (χ3n) is 6.39. The van der Waals surface area contributed by atoms with E-state index in [4.69, 9.17) is 0 Å². The summed E-state index contributed by atoms with van der Waals surface area (Å²) < 4.78 is 2.02. The van der Waals surface area contributed by atoms with E-state index >= 15 is 0 Å². The maximum Gasteiger partial charge on any atom is 0.254 e. The van der Waals surface area contributed by atoms with E-state index in [1.807, 2.05) is 59.1 Å². The van der Waals surface area contributed by atoms with Crippen LogP contribution in [-0.2, 0) is 24.9 Å². The van der Waals surface area contributed by atoms with Crippen molar-refractivity contribution in [3.8, 4) is 0 Å². The molecule has 0 unspecified atom stereocenters. The maximum atomic E-state index is 12.8. The summed E-state index contributed by atoms with van der Waals surface area (Å²) >= 11 is 0. The van der Waals surface area contributed by atoms with Gasteiger partial charge in [-0.1, -0.05) is 37.5 Å². The van der Waals surface area contributed by atoms with Crippen LogP contribution >= 0.6 is 0 Å². The first-order chi connectivity index (χ1) is 13.6. The molecule has 1 aromatic carbocycles. The number of rotatable bonds is 6. The summed E-state index contributed by atoms with van der Waals surface area (Å²) in [6.07, 6.45) is 8.02. The van der Waals surface area contributed by atoms with Crippen LogP contribution in [0.15, 0.2) is 42.6 Å². The number of nitrogens with zero attached hydrogens (tertiary/aromatic N) is 2. The molecule has 1 aliphatic carbocycles. The molecule has 5 heteroatoms. The van der Waals surface area contributed by atoms with E-state index in [1.165, 1.54) is 6.42 Å². The molecule has 1 saturated carbocycles. The number of hydrogen-bond donors (Lipinski definition) is 1. The largest absolute Gasteiger partial charge is 0.353 e. The summed E-state index contributed by atoms with van der Waals surface area (Å²) in [6, 6.07) is 11.9. The van der Waals surface area contributed by atoms with Gasteiger partial charge in [0, 0.05) is 44.0 Å². The minimum Gasteiger partial charge on any atom is -0.353 e. The van der Waals surface area contributed by atoms with Crippen LogP contribution in [0.4, 0.5) is 0 Å². The zero-order valence-electron chi connectivity index (χ0n) is 16.6. The van der Waals surface area contributed by atoms with Crippen molar-refractivity contribution < 1.29 is 9.59 Å². The highest BCUT2D eigenvalue weighted by molar-refractivity contribution is 5.98. The summed E-state index contributed by atoms with van der Waals surface area (Å²) in [6.45, 7) is 1.90. The van der Waals surface area contributed by atoms with Crippen LogP contribution in [0.25, 0.3) is 0 Å². The quantitative estimate of drug-likeness (QED) is 0.833. The number of carbonyl (C=O) groups is 2. The van der Waals surface area contributed by atoms with Crippen molar-refractivity contribution in [1.29, 1.82) is 0 Å². The molecule has 28 heavy (non-hydrogen) atoms. The molecular weight excluding hydrogens is 350 g/mol. The Morgan fingerprint density at radius 1 is 1.11 bits per heavy atom. The van der Waals surface area contributed by atoms with Gasteiger partial charge in [0.1, 0.15) is 0 Å². The van der Waals surface area contributed by atoms with Gasteiger partial charge in [0.05, 0.1) is 6.54 Å². The number of nitrogens with one attached hydrogen (secondary N) is 1. The summed E-state index contributed by atoms with van der Waals surface area (Å²) in [5.74, 6) is 0.206. The summed E-state index contributed by atoms with van der Waals surface area (Å²) in [4.78, 5) is 27.6. The Kier molecular flexibility index (Phi) is 5.25. The average Bonchev–Trinajstić information content (AvgIpc) is 3.24. The smallest absolute Gasteiger partial charge is 0.254 e. The van der Waals surface area contributed by atoms with E-state index in [-0.39, 0.29) is 17.2 Å². The highest BCUT2D eigenvalue weighted by Gasteiger charge is 2.39. The number of fused-ring (bicyclic) bond motifs is 1. The van der Waals surface area contributed by atoms with E-state index in [2.05, 4.69) is 5.32 Å². The number of hydrogen-bond acceptors (Lipinski definition) is 2. The molecule has 0 bridgehead atoms. The number of aryl methyl sites for hydroxylation is 1. The Labute approximate surface area is 166 Å². The lowest BCUT2D eigenvalue weighted by Crippen LogP contribution is -2.42. The lowest BCUT2D eigenvalue weighted by atomic mass is 9.71. The highest BCUT2D eigenvalue weighted by atomic mass is 16.2. The van der Waals surface area contributed by atoms with Crippen molar-refractivity contribution in [3.63, 3.8) is 0 Å². The molecule has 1 N–H and O–H groups in total. The Morgan fingerprint density at radius 2 is 1.89 bits per heavy atom. The fourth-order valence-electron chi connectivity index (χ4n) is 4.81. The predicted molar refractivity (Wildman–Crippen MR) is 109 cm³/mol. The number of benzene rings is 1. The first-order valence-corrected chi connectivity index (χ1v) is 10.3. The van der Waals surface area contributed by atoms with Gasteiger partial charge in [0.2, 0.25) is 5.91 Å². The Morgan fingerprint density at radius 3 is 2.61 bits per heavy atom. The summed E-state index contributed by atoms with van der Waals surface area (Å²) in [5, 5.41) is 3.09. The molecule has 1 fully saturated rings. The molecule has 2 aromatic rings. The Bertz CT molecular complexity index is 864. The first-order valence-electron chi connectivity index (χ1n) is 10.3. The third-order valence-corrected chi connectivity index (χ3v) is 6.39. The SMILES string of the molecule is Cn1cccc1CNC(=O)CC1(CN2Cc3ccccc3C2=O)CCCCC1. The van der Waals surface area contributed by atoms with Gasteiger partial charge in [-0.2, -0.15) is 0 Å². The van der Waals surface area contributed by atoms with Gasteiger partial charge < -0.3 is 14.8 Å². The molecule has 0 saturated heterocycles. The molecule has 2 aliphatic rings. The second kappa shape index (κ2) is 7.82. The van der Waals surface area contributed by atoms with Crippen molar-refractivity contribution in [3.05, 3.63) is 59.4 Å². The minimum atomic E-state index is -0.103. The molecule has 0 radical (unpaired) electrons. The van der Waals surface area contributed by atoms with Gasteiger partial charge >= 0.3 is 0 Å². The molecule has 0 spiro atoms. The molecule has 2 amide bonds. The van der Waals surface area contributed by atoms with E-state index in [9.17, 15) is 9.59 Å². The van der Waals surface area contributed by atoms with Crippen LogP contribution in [0, 0.1) is 5.41 Å².